The topological polar surface area (TPSA) is 60.0 Å². The van der Waals surface area contributed by atoms with E-state index in [0.717, 1.165) is 25.8 Å². The van der Waals surface area contributed by atoms with Crippen LogP contribution in [-0.2, 0) is 14.2 Å². The molecule has 0 aliphatic carbocycles. The van der Waals surface area contributed by atoms with Gasteiger partial charge >= 0.3 is 6.09 Å². The lowest BCUT2D eigenvalue weighted by atomic mass is 10.1. The van der Waals surface area contributed by atoms with Crippen molar-refractivity contribution >= 4 is 6.09 Å². The van der Waals surface area contributed by atoms with Gasteiger partial charge in [0.2, 0.25) is 0 Å². The van der Waals surface area contributed by atoms with Crippen molar-refractivity contribution in [2.24, 2.45) is 0 Å². The zero-order chi connectivity index (χ0) is 17.6. The van der Waals surface area contributed by atoms with Gasteiger partial charge in [-0.15, -0.1) is 0 Å². The van der Waals surface area contributed by atoms with Crippen LogP contribution < -0.4 is 5.32 Å². The zero-order valence-electron chi connectivity index (χ0n) is 15.7. The van der Waals surface area contributed by atoms with Gasteiger partial charge in [-0.25, -0.2) is 4.79 Å². The van der Waals surface area contributed by atoms with Crippen LogP contribution in [0.15, 0.2) is 0 Å². The lowest BCUT2D eigenvalue weighted by Gasteiger charge is -2.31. The number of amides is 1. The van der Waals surface area contributed by atoms with E-state index in [1.165, 1.54) is 0 Å². The number of hydrogen-bond acceptors (Lipinski definition) is 5. The van der Waals surface area contributed by atoms with Crippen molar-refractivity contribution in [3.63, 3.8) is 0 Å². The molecule has 0 saturated carbocycles. The van der Waals surface area contributed by atoms with Crippen LogP contribution in [0.1, 0.15) is 53.9 Å². The summed E-state index contributed by atoms with van der Waals surface area (Å²) in [5, 5.41) is 3.49. The van der Waals surface area contributed by atoms with E-state index < -0.39 is 5.60 Å². The van der Waals surface area contributed by atoms with Crippen LogP contribution >= 0.6 is 0 Å². The maximum atomic E-state index is 12.3. The standard InChI is InChI=1S/C17H34N2O4/c1-12(18-13(2)15(21-6)22-7)11-14-9-8-10-19(14)16(20)23-17(3,4)5/h12-15,18H,8-11H2,1-7H3. The molecule has 0 aromatic heterocycles. The van der Waals surface area contributed by atoms with Gasteiger partial charge in [0, 0.05) is 32.8 Å². The van der Waals surface area contributed by atoms with Gasteiger partial charge in [-0.05, 0) is 53.9 Å². The predicted octanol–water partition coefficient (Wildman–Crippen LogP) is 2.76. The van der Waals surface area contributed by atoms with Crippen LogP contribution in [-0.4, -0.2) is 61.8 Å². The van der Waals surface area contributed by atoms with E-state index in [1.807, 2.05) is 32.6 Å². The minimum atomic E-state index is -0.452. The minimum Gasteiger partial charge on any atom is -0.444 e. The average molecular weight is 330 g/mol. The molecule has 1 rings (SSSR count). The largest absolute Gasteiger partial charge is 0.444 e. The van der Waals surface area contributed by atoms with Gasteiger partial charge in [0.1, 0.15) is 5.60 Å². The second kappa shape index (κ2) is 8.85. The summed E-state index contributed by atoms with van der Waals surface area (Å²) in [4.78, 5) is 14.2. The third kappa shape index (κ3) is 6.65. The molecule has 1 aliphatic rings. The van der Waals surface area contributed by atoms with Crippen molar-refractivity contribution in [3.05, 3.63) is 0 Å². The second-order valence-electron chi connectivity index (χ2n) is 7.40. The number of nitrogens with zero attached hydrogens (tertiary/aromatic N) is 1. The molecule has 6 nitrogen and oxygen atoms in total. The molecule has 6 heteroatoms. The summed E-state index contributed by atoms with van der Waals surface area (Å²) in [6.07, 6.45) is 2.47. The highest BCUT2D eigenvalue weighted by Gasteiger charge is 2.33. The van der Waals surface area contributed by atoms with E-state index in [9.17, 15) is 4.79 Å². The van der Waals surface area contributed by atoms with Crippen LogP contribution in [0.4, 0.5) is 4.79 Å². The van der Waals surface area contributed by atoms with E-state index in [0.29, 0.717) is 0 Å². The summed E-state index contributed by atoms with van der Waals surface area (Å²) < 4.78 is 16.1. The number of rotatable bonds is 7. The lowest BCUT2D eigenvalue weighted by Crippen LogP contribution is -2.47. The quantitative estimate of drug-likeness (QED) is 0.727. The lowest BCUT2D eigenvalue weighted by molar-refractivity contribution is -0.121. The van der Waals surface area contributed by atoms with Crippen LogP contribution in [0.5, 0.6) is 0 Å². The fourth-order valence-electron chi connectivity index (χ4n) is 3.15. The highest BCUT2D eigenvalue weighted by molar-refractivity contribution is 5.68. The Labute approximate surface area is 140 Å². The third-order valence-electron chi connectivity index (χ3n) is 4.05. The maximum absolute atomic E-state index is 12.3. The third-order valence-corrected chi connectivity index (χ3v) is 4.05. The first-order valence-corrected chi connectivity index (χ1v) is 8.49. The number of ether oxygens (including phenoxy) is 3. The van der Waals surface area contributed by atoms with Crippen molar-refractivity contribution in [2.45, 2.75) is 83.9 Å². The molecule has 136 valence electrons. The average Bonchev–Trinajstić information content (AvgIpc) is 2.86. The molecule has 0 spiro atoms. The van der Waals surface area contributed by atoms with Gasteiger partial charge in [0.15, 0.2) is 6.29 Å². The minimum absolute atomic E-state index is 0.0800. The Hall–Kier alpha value is -0.850. The van der Waals surface area contributed by atoms with Crippen LogP contribution in [0.25, 0.3) is 0 Å². The van der Waals surface area contributed by atoms with E-state index in [1.54, 1.807) is 14.2 Å². The summed E-state index contributed by atoms with van der Waals surface area (Å²) >= 11 is 0. The molecule has 0 aromatic rings. The summed E-state index contributed by atoms with van der Waals surface area (Å²) in [7, 11) is 3.27. The number of likely N-dealkylation sites (tertiary alicyclic amines) is 1. The monoisotopic (exact) mass is 330 g/mol. The zero-order valence-corrected chi connectivity index (χ0v) is 15.7. The molecule has 1 fully saturated rings. The fourth-order valence-corrected chi connectivity index (χ4v) is 3.15. The summed E-state index contributed by atoms with van der Waals surface area (Å²) in [6.45, 7) is 10.6. The highest BCUT2D eigenvalue weighted by Crippen LogP contribution is 2.24. The Balaban J connectivity index is 2.52. The SMILES string of the molecule is COC(OC)C(C)NC(C)CC1CCCN1C(=O)OC(C)(C)C. The van der Waals surface area contributed by atoms with Gasteiger partial charge in [-0.1, -0.05) is 0 Å². The molecular weight excluding hydrogens is 296 g/mol. The first-order chi connectivity index (χ1) is 10.7. The maximum Gasteiger partial charge on any atom is 0.410 e. The van der Waals surface area contributed by atoms with E-state index >= 15 is 0 Å². The van der Waals surface area contributed by atoms with Crippen molar-refractivity contribution in [1.29, 1.82) is 0 Å². The molecule has 1 aliphatic heterocycles. The molecule has 1 amide bonds. The van der Waals surface area contributed by atoms with Gasteiger partial charge in [0.25, 0.3) is 0 Å². The van der Waals surface area contributed by atoms with Crippen molar-refractivity contribution < 1.29 is 19.0 Å². The molecule has 0 radical (unpaired) electrons. The van der Waals surface area contributed by atoms with Gasteiger partial charge < -0.3 is 24.4 Å². The van der Waals surface area contributed by atoms with Crippen molar-refractivity contribution in [3.8, 4) is 0 Å². The molecule has 1 saturated heterocycles. The molecule has 1 heterocycles. The molecule has 1 N–H and O–H groups in total. The second-order valence-corrected chi connectivity index (χ2v) is 7.40. The number of carbonyl (C=O) groups excluding carboxylic acids is 1. The Morgan fingerprint density at radius 1 is 1.26 bits per heavy atom. The number of methoxy groups -OCH3 is 2. The van der Waals surface area contributed by atoms with Crippen molar-refractivity contribution in [2.75, 3.05) is 20.8 Å². The molecule has 0 aromatic carbocycles. The normalized spacial score (nSPS) is 21.6. The van der Waals surface area contributed by atoms with E-state index in [-0.39, 0.29) is 30.5 Å². The molecule has 0 bridgehead atoms. The first-order valence-electron chi connectivity index (χ1n) is 8.49. The predicted molar refractivity (Wildman–Crippen MR) is 90.4 cm³/mol. The Bertz CT molecular complexity index is 366. The summed E-state index contributed by atoms with van der Waals surface area (Å²) in [5.74, 6) is 0. The number of hydrogen-bond donors (Lipinski definition) is 1. The summed E-state index contributed by atoms with van der Waals surface area (Å²) in [5.41, 5.74) is -0.452. The number of carbonyl (C=O) groups is 1. The van der Waals surface area contributed by atoms with Gasteiger partial charge in [-0.2, -0.15) is 0 Å². The van der Waals surface area contributed by atoms with Crippen LogP contribution in [0.2, 0.25) is 0 Å². The van der Waals surface area contributed by atoms with Crippen molar-refractivity contribution in [1.82, 2.24) is 10.2 Å². The smallest absolute Gasteiger partial charge is 0.410 e. The van der Waals surface area contributed by atoms with Gasteiger partial charge in [-0.3, -0.25) is 0 Å². The highest BCUT2D eigenvalue weighted by atomic mass is 16.7. The van der Waals surface area contributed by atoms with Gasteiger partial charge in [0.05, 0.1) is 6.04 Å². The Kier molecular flexibility index (Phi) is 7.77. The Morgan fingerprint density at radius 2 is 1.87 bits per heavy atom. The fraction of sp³-hybridized carbons (Fsp3) is 0.941. The Morgan fingerprint density at radius 3 is 2.39 bits per heavy atom. The first kappa shape index (κ1) is 20.2. The number of nitrogens with one attached hydrogen (secondary N) is 1. The van der Waals surface area contributed by atoms with Crippen LogP contribution in [0.3, 0.4) is 0 Å². The molecule has 3 atom stereocenters. The summed E-state index contributed by atoms with van der Waals surface area (Å²) in [6, 6.07) is 0.560. The van der Waals surface area contributed by atoms with E-state index in [2.05, 4.69) is 12.2 Å². The van der Waals surface area contributed by atoms with E-state index in [4.69, 9.17) is 14.2 Å². The molecule has 3 unspecified atom stereocenters. The molecular formula is C17H34N2O4. The molecule has 23 heavy (non-hydrogen) atoms. The van der Waals surface area contributed by atoms with Crippen LogP contribution in [0, 0.1) is 0 Å².